The SMILES string of the molecule is N#Cc1cnc(C2C3CC4CC(C3)CC2C4)nc1. The third kappa shape index (κ3) is 1.48. The molecule has 1 heterocycles. The fourth-order valence-corrected chi connectivity index (χ4v) is 4.91. The number of hydrogen-bond acceptors (Lipinski definition) is 3. The number of nitriles is 1. The Balaban J connectivity index is 1.66. The summed E-state index contributed by atoms with van der Waals surface area (Å²) in [5.74, 6) is 5.18. The molecular formula is C15H17N3. The van der Waals surface area contributed by atoms with Crippen LogP contribution in [-0.2, 0) is 0 Å². The number of aromatic nitrogens is 2. The molecule has 4 aliphatic carbocycles. The first-order chi connectivity index (χ1) is 8.83. The number of rotatable bonds is 1. The van der Waals surface area contributed by atoms with Gasteiger partial charge in [-0.15, -0.1) is 0 Å². The smallest absolute Gasteiger partial charge is 0.131 e. The van der Waals surface area contributed by atoms with Crippen molar-refractivity contribution in [3.8, 4) is 6.07 Å². The van der Waals surface area contributed by atoms with Gasteiger partial charge in [0.15, 0.2) is 0 Å². The summed E-state index contributed by atoms with van der Waals surface area (Å²) in [5.41, 5.74) is 0.572. The molecule has 0 atom stereocenters. The lowest BCUT2D eigenvalue weighted by Crippen LogP contribution is -2.44. The van der Waals surface area contributed by atoms with Gasteiger partial charge in [-0.05, 0) is 55.8 Å². The van der Waals surface area contributed by atoms with Crippen LogP contribution in [0.15, 0.2) is 12.4 Å². The minimum absolute atomic E-state index is 0.572. The summed E-state index contributed by atoms with van der Waals surface area (Å²) in [5, 5.41) is 8.81. The predicted molar refractivity (Wildman–Crippen MR) is 66.5 cm³/mol. The Labute approximate surface area is 107 Å². The second-order valence-corrected chi connectivity index (χ2v) is 6.40. The Morgan fingerprint density at radius 1 is 0.944 bits per heavy atom. The van der Waals surface area contributed by atoms with Gasteiger partial charge in [-0.1, -0.05) is 0 Å². The van der Waals surface area contributed by atoms with Crippen molar-refractivity contribution in [3.05, 3.63) is 23.8 Å². The van der Waals surface area contributed by atoms with E-state index in [1.54, 1.807) is 12.4 Å². The molecule has 0 unspecified atom stereocenters. The largest absolute Gasteiger partial charge is 0.240 e. The first-order valence-electron chi connectivity index (χ1n) is 7.05. The standard InChI is InChI=1S/C15H17N3/c16-6-11-7-17-15(18-8-11)14-12-2-9-1-10(4-12)5-13(14)3-9/h7-10,12-14H,1-5H2. The zero-order valence-corrected chi connectivity index (χ0v) is 10.4. The van der Waals surface area contributed by atoms with Crippen LogP contribution in [0.25, 0.3) is 0 Å². The molecule has 4 bridgehead atoms. The molecule has 0 amide bonds. The Morgan fingerprint density at radius 3 is 2.00 bits per heavy atom. The van der Waals surface area contributed by atoms with Gasteiger partial charge in [-0.3, -0.25) is 0 Å². The summed E-state index contributed by atoms with van der Waals surface area (Å²) in [6.07, 6.45) is 10.4. The van der Waals surface area contributed by atoms with Crippen LogP contribution in [0.2, 0.25) is 0 Å². The fraction of sp³-hybridized carbons (Fsp3) is 0.667. The van der Waals surface area contributed by atoms with E-state index in [-0.39, 0.29) is 0 Å². The van der Waals surface area contributed by atoms with Crippen molar-refractivity contribution in [2.75, 3.05) is 0 Å². The zero-order valence-electron chi connectivity index (χ0n) is 10.4. The van der Waals surface area contributed by atoms with Gasteiger partial charge in [0.05, 0.1) is 5.56 Å². The zero-order chi connectivity index (χ0) is 12.1. The maximum atomic E-state index is 8.81. The molecule has 0 aliphatic heterocycles. The monoisotopic (exact) mass is 239 g/mol. The molecule has 0 aromatic carbocycles. The lowest BCUT2D eigenvalue weighted by Gasteiger charge is -2.53. The van der Waals surface area contributed by atoms with E-state index < -0.39 is 0 Å². The Bertz CT molecular complexity index is 471. The maximum Gasteiger partial charge on any atom is 0.131 e. The van der Waals surface area contributed by atoms with E-state index in [1.165, 1.54) is 32.1 Å². The van der Waals surface area contributed by atoms with E-state index in [2.05, 4.69) is 16.0 Å². The van der Waals surface area contributed by atoms with Gasteiger partial charge in [0.1, 0.15) is 11.9 Å². The molecule has 0 saturated heterocycles. The van der Waals surface area contributed by atoms with Crippen molar-refractivity contribution in [3.63, 3.8) is 0 Å². The lowest BCUT2D eigenvalue weighted by atomic mass is 9.51. The quantitative estimate of drug-likeness (QED) is 0.757. The molecule has 0 radical (unpaired) electrons. The van der Waals surface area contributed by atoms with Crippen LogP contribution in [0.1, 0.15) is 49.4 Å². The highest BCUT2D eigenvalue weighted by Gasteiger charge is 2.49. The lowest BCUT2D eigenvalue weighted by molar-refractivity contribution is -0.00566. The van der Waals surface area contributed by atoms with E-state index >= 15 is 0 Å². The molecule has 5 rings (SSSR count). The van der Waals surface area contributed by atoms with Gasteiger partial charge >= 0.3 is 0 Å². The van der Waals surface area contributed by atoms with Gasteiger partial charge in [-0.25, -0.2) is 9.97 Å². The topological polar surface area (TPSA) is 49.6 Å². The first-order valence-corrected chi connectivity index (χ1v) is 7.05. The van der Waals surface area contributed by atoms with E-state index in [0.29, 0.717) is 11.5 Å². The molecule has 1 aromatic rings. The maximum absolute atomic E-state index is 8.81. The van der Waals surface area contributed by atoms with Crippen LogP contribution in [0.3, 0.4) is 0 Å². The van der Waals surface area contributed by atoms with Crippen molar-refractivity contribution < 1.29 is 0 Å². The summed E-state index contributed by atoms with van der Waals surface area (Å²) in [6, 6.07) is 2.10. The van der Waals surface area contributed by atoms with Crippen LogP contribution in [0.4, 0.5) is 0 Å². The third-order valence-electron chi connectivity index (χ3n) is 5.33. The Hall–Kier alpha value is -1.43. The van der Waals surface area contributed by atoms with Crippen LogP contribution in [0.5, 0.6) is 0 Å². The molecule has 3 nitrogen and oxygen atoms in total. The van der Waals surface area contributed by atoms with Gasteiger partial charge < -0.3 is 0 Å². The first kappa shape index (κ1) is 10.5. The highest BCUT2D eigenvalue weighted by atomic mass is 14.9. The number of nitrogens with zero attached hydrogens (tertiary/aromatic N) is 3. The van der Waals surface area contributed by atoms with Crippen LogP contribution >= 0.6 is 0 Å². The second-order valence-electron chi connectivity index (χ2n) is 6.40. The van der Waals surface area contributed by atoms with E-state index in [0.717, 1.165) is 29.5 Å². The fourth-order valence-electron chi connectivity index (χ4n) is 4.91. The van der Waals surface area contributed by atoms with Gasteiger partial charge in [-0.2, -0.15) is 5.26 Å². The van der Waals surface area contributed by atoms with E-state index in [1.807, 2.05) is 0 Å². The average molecular weight is 239 g/mol. The molecule has 4 fully saturated rings. The van der Waals surface area contributed by atoms with Crippen molar-refractivity contribution in [2.24, 2.45) is 23.7 Å². The normalized spacial score (nSPS) is 40.7. The minimum Gasteiger partial charge on any atom is -0.240 e. The van der Waals surface area contributed by atoms with Gasteiger partial charge in [0.25, 0.3) is 0 Å². The van der Waals surface area contributed by atoms with Crippen molar-refractivity contribution in [2.45, 2.75) is 38.0 Å². The third-order valence-corrected chi connectivity index (χ3v) is 5.33. The second kappa shape index (κ2) is 3.78. The molecule has 0 spiro atoms. The predicted octanol–water partition coefficient (Wildman–Crippen LogP) is 2.89. The molecule has 4 aliphatic rings. The summed E-state index contributed by atoms with van der Waals surface area (Å²) in [6.45, 7) is 0. The van der Waals surface area contributed by atoms with Gasteiger partial charge in [0, 0.05) is 18.3 Å². The summed E-state index contributed by atoms with van der Waals surface area (Å²) in [4.78, 5) is 8.92. The molecule has 18 heavy (non-hydrogen) atoms. The Kier molecular flexibility index (Phi) is 2.20. The highest BCUT2D eigenvalue weighted by molar-refractivity contribution is 5.23. The molecule has 0 N–H and O–H groups in total. The van der Waals surface area contributed by atoms with Crippen molar-refractivity contribution in [1.82, 2.24) is 9.97 Å². The van der Waals surface area contributed by atoms with Crippen LogP contribution < -0.4 is 0 Å². The molecule has 4 saturated carbocycles. The molecule has 1 aromatic heterocycles. The van der Waals surface area contributed by atoms with E-state index in [4.69, 9.17) is 5.26 Å². The highest BCUT2D eigenvalue weighted by Crippen LogP contribution is 2.59. The molecular weight excluding hydrogens is 222 g/mol. The average Bonchev–Trinajstić information content (AvgIpc) is 2.38. The van der Waals surface area contributed by atoms with Crippen molar-refractivity contribution >= 4 is 0 Å². The van der Waals surface area contributed by atoms with Crippen LogP contribution in [0, 0.1) is 35.0 Å². The summed E-state index contributed by atoms with van der Waals surface area (Å²) >= 11 is 0. The van der Waals surface area contributed by atoms with Crippen LogP contribution in [-0.4, -0.2) is 9.97 Å². The summed E-state index contributed by atoms with van der Waals surface area (Å²) in [7, 11) is 0. The number of hydrogen-bond donors (Lipinski definition) is 0. The Morgan fingerprint density at radius 2 is 1.50 bits per heavy atom. The summed E-state index contributed by atoms with van der Waals surface area (Å²) < 4.78 is 0. The van der Waals surface area contributed by atoms with E-state index in [9.17, 15) is 0 Å². The van der Waals surface area contributed by atoms with Gasteiger partial charge in [0.2, 0.25) is 0 Å². The van der Waals surface area contributed by atoms with Crippen molar-refractivity contribution in [1.29, 1.82) is 5.26 Å². The minimum atomic E-state index is 0.572. The molecule has 3 heteroatoms. The molecule has 92 valence electrons.